The van der Waals surface area contributed by atoms with Crippen LogP contribution in [0.1, 0.15) is 24.0 Å². The Morgan fingerprint density at radius 2 is 2.13 bits per heavy atom. The van der Waals surface area contributed by atoms with Crippen LogP contribution in [0, 0.1) is 6.92 Å². The van der Waals surface area contributed by atoms with Crippen LogP contribution >= 0.6 is 0 Å². The van der Waals surface area contributed by atoms with Crippen molar-refractivity contribution >= 4 is 17.6 Å². The molecule has 0 fully saturated rings. The van der Waals surface area contributed by atoms with E-state index in [1.807, 2.05) is 25.1 Å². The van der Waals surface area contributed by atoms with E-state index in [9.17, 15) is 9.59 Å². The Labute approximate surface area is 133 Å². The molecule has 1 aliphatic heterocycles. The van der Waals surface area contributed by atoms with Gasteiger partial charge in [-0.3, -0.25) is 9.59 Å². The summed E-state index contributed by atoms with van der Waals surface area (Å²) in [5.41, 5.74) is 2.48. The van der Waals surface area contributed by atoms with Crippen LogP contribution in [-0.4, -0.2) is 22.0 Å². The predicted octanol–water partition coefficient (Wildman–Crippen LogP) is 2.89. The van der Waals surface area contributed by atoms with E-state index in [0.717, 1.165) is 11.1 Å². The number of pyridine rings is 1. The third-order valence-electron chi connectivity index (χ3n) is 3.65. The molecule has 0 aliphatic carbocycles. The second-order valence-corrected chi connectivity index (χ2v) is 5.41. The number of amides is 1. The molecule has 2 heterocycles. The van der Waals surface area contributed by atoms with E-state index in [2.05, 4.69) is 4.98 Å². The standard InChI is InChI=1S/C17H16N2O4/c1-11-4-5-14-12(9-11)10-19(15(20)6-7-16(21)22)13-3-2-8-18-17(13)23-14/h2-5,8-9H,6-7,10H2,1H3,(H,21,22). The summed E-state index contributed by atoms with van der Waals surface area (Å²) < 4.78 is 5.84. The molecule has 0 saturated heterocycles. The van der Waals surface area contributed by atoms with Crippen LogP contribution in [0.5, 0.6) is 11.6 Å². The number of carbonyl (C=O) groups excluding carboxylic acids is 1. The fraction of sp³-hybridized carbons (Fsp3) is 0.235. The number of benzene rings is 1. The van der Waals surface area contributed by atoms with Crippen molar-refractivity contribution in [3.05, 3.63) is 47.7 Å². The topological polar surface area (TPSA) is 79.7 Å². The molecule has 1 aromatic heterocycles. The number of carbonyl (C=O) groups is 2. The molecule has 2 aromatic rings. The van der Waals surface area contributed by atoms with Gasteiger partial charge in [0, 0.05) is 18.2 Å². The highest BCUT2D eigenvalue weighted by Gasteiger charge is 2.26. The third-order valence-corrected chi connectivity index (χ3v) is 3.65. The highest BCUT2D eigenvalue weighted by Crippen LogP contribution is 2.37. The van der Waals surface area contributed by atoms with Gasteiger partial charge < -0.3 is 14.7 Å². The lowest BCUT2D eigenvalue weighted by molar-refractivity contribution is -0.138. The quantitative estimate of drug-likeness (QED) is 0.942. The summed E-state index contributed by atoms with van der Waals surface area (Å²) in [6, 6.07) is 9.22. The number of nitrogens with zero attached hydrogens (tertiary/aromatic N) is 2. The van der Waals surface area contributed by atoms with Crippen molar-refractivity contribution in [2.45, 2.75) is 26.3 Å². The van der Waals surface area contributed by atoms with Crippen LogP contribution in [0.4, 0.5) is 5.69 Å². The highest BCUT2D eigenvalue weighted by atomic mass is 16.5. The zero-order chi connectivity index (χ0) is 16.4. The molecule has 0 spiro atoms. The van der Waals surface area contributed by atoms with E-state index in [1.165, 1.54) is 4.90 Å². The summed E-state index contributed by atoms with van der Waals surface area (Å²) in [4.78, 5) is 29.0. The number of anilines is 1. The van der Waals surface area contributed by atoms with Crippen LogP contribution in [0.3, 0.4) is 0 Å². The highest BCUT2D eigenvalue weighted by molar-refractivity contribution is 5.96. The molecule has 0 unspecified atom stereocenters. The van der Waals surface area contributed by atoms with Crippen LogP contribution in [0.15, 0.2) is 36.5 Å². The van der Waals surface area contributed by atoms with Gasteiger partial charge in [0.1, 0.15) is 11.4 Å². The second-order valence-electron chi connectivity index (χ2n) is 5.41. The number of hydrogen-bond donors (Lipinski definition) is 1. The minimum Gasteiger partial charge on any atom is -0.481 e. The number of aromatic nitrogens is 1. The monoisotopic (exact) mass is 312 g/mol. The van der Waals surface area contributed by atoms with Crippen molar-refractivity contribution in [1.29, 1.82) is 0 Å². The van der Waals surface area contributed by atoms with Gasteiger partial charge in [-0.2, -0.15) is 0 Å². The molecule has 1 N–H and O–H groups in total. The average Bonchev–Trinajstić information content (AvgIpc) is 2.69. The molecule has 6 nitrogen and oxygen atoms in total. The predicted molar refractivity (Wildman–Crippen MR) is 83.5 cm³/mol. The molecule has 118 valence electrons. The van der Waals surface area contributed by atoms with Gasteiger partial charge in [0.15, 0.2) is 0 Å². The van der Waals surface area contributed by atoms with Gasteiger partial charge in [0.05, 0.1) is 13.0 Å². The Balaban J connectivity index is 2.00. The van der Waals surface area contributed by atoms with Gasteiger partial charge in [-0.25, -0.2) is 4.98 Å². The summed E-state index contributed by atoms with van der Waals surface area (Å²) in [5.74, 6) is -0.255. The minimum atomic E-state index is -0.993. The van der Waals surface area contributed by atoms with Crippen molar-refractivity contribution in [2.75, 3.05) is 4.90 Å². The Kier molecular flexibility index (Phi) is 3.97. The number of aryl methyl sites for hydroxylation is 1. The van der Waals surface area contributed by atoms with Crippen LogP contribution in [0.25, 0.3) is 0 Å². The fourth-order valence-corrected chi connectivity index (χ4v) is 2.53. The molecule has 1 aliphatic rings. The Morgan fingerprint density at radius 3 is 2.91 bits per heavy atom. The molecule has 23 heavy (non-hydrogen) atoms. The second kappa shape index (κ2) is 6.08. The first kappa shape index (κ1) is 15.0. The molecule has 6 heteroatoms. The smallest absolute Gasteiger partial charge is 0.303 e. The van der Waals surface area contributed by atoms with E-state index in [1.54, 1.807) is 18.3 Å². The number of carboxylic acids is 1. The largest absolute Gasteiger partial charge is 0.481 e. The summed E-state index contributed by atoms with van der Waals surface area (Å²) in [7, 11) is 0. The van der Waals surface area contributed by atoms with E-state index in [-0.39, 0.29) is 18.7 Å². The van der Waals surface area contributed by atoms with Gasteiger partial charge in [-0.1, -0.05) is 17.7 Å². The maximum atomic E-state index is 12.5. The SMILES string of the molecule is Cc1ccc2c(c1)CN(C(=O)CCC(=O)O)c1cccnc1O2. The molecule has 0 atom stereocenters. The maximum Gasteiger partial charge on any atom is 0.303 e. The van der Waals surface area contributed by atoms with Crippen LogP contribution in [-0.2, 0) is 16.1 Å². The fourth-order valence-electron chi connectivity index (χ4n) is 2.53. The van der Waals surface area contributed by atoms with Crippen LogP contribution in [0.2, 0.25) is 0 Å². The van der Waals surface area contributed by atoms with E-state index in [0.29, 0.717) is 23.9 Å². The average molecular weight is 312 g/mol. The summed E-state index contributed by atoms with van der Waals surface area (Å²) >= 11 is 0. The maximum absolute atomic E-state index is 12.5. The molecule has 1 aromatic carbocycles. The Hall–Kier alpha value is -2.89. The number of carboxylic acid groups (broad SMARTS) is 1. The van der Waals surface area contributed by atoms with Crippen molar-refractivity contribution < 1.29 is 19.4 Å². The van der Waals surface area contributed by atoms with E-state index >= 15 is 0 Å². The molecule has 3 rings (SSSR count). The van der Waals surface area contributed by atoms with Gasteiger partial charge in [0.25, 0.3) is 0 Å². The number of aliphatic carboxylic acids is 1. The number of ether oxygens (including phenoxy) is 1. The minimum absolute atomic E-state index is 0.0647. The zero-order valence-corrected chi connectivity index (χ0v) is 12.7. The lowest BCUT2D eigenvalue weighted by atomic mass is 10.1. The first-order chi connectivity index (χ1) is 11.0. The molecular weight excluding hydrogens is 296 g/mol. The normalized spacial score (nSPS) is 12.7. The summed E-state index contributed by atoms with van der Waals surface area (Å²) in [5, 5.41) is 8.80. The van der Waals surface area contributed by atoms with Gasteiger partial charge in [-0.15, -0.1) is 0 Å². The molecule has 0 saturated carbocycles. The van der Waals surface area contributed by atoms with E-state index < -0.39 is 5.97 Å². The number of rotatable bonds is 3. The van der Waals surface area contributed by atoms with Crippen molar-refractivity contribution in [3.8, 4) is 11.6 Å². The lowest BCUT2D eigenvalue weighted by Gasteiger charge is -2.21. The number of hydrogen-bond acceptors (Lipinski definition) is 4. The lowest BCUT2D eigenvalue weighted by Crippen LogP contribution is -2.30. The van der Waals surface area contributed by atoms with Gasteiger partial charge >= 0.3 is 5.97 Å². The first-order valence-corrected chi connectivity index (χ1v) is 7.29. The van der Waals surface area contributed by atoms with Crippen molar-refractivity contribution in [1.82, 2.24) is 4.98 Å². The molecule has 0 radical (unpaired) electrons. The number of fused-ring (bicyclic) bond motifs is 2. The van der Waals surface area contributed by atoms with Crippen molar-refractivity contribution in [3.63, 3.8) is 0 Å². The zero-order valence-electron chi connectivity index (χ0n) is 12.7. The van der Waals surface area contributed by atoms with Crippen LogP contribution < -0.4 is 9.64 Å². The third kappa shape index (κ3) is 3.15. The molecular formula is C17H16N2O4. The van der Waals surface area contributed by atoms with Crippen molar-refractivity contribution in [2.24, 2.45) is 0 Å². The van der Waals surface area contributed by atoms with Gasteiger partial charge in [0.2, 0.25) is 11.8 Å². The van der Waals surface area contributed by atoms with E-state index in [4.69, 9.17) is 9.84 Å². The summed E-state index contributed by atoms with van der Waals surface area (Å²) in [6.07, 6.45) is 1.33. The molecule has 1 amide bonds. The Morgan fingerprint density at radius 1 is 1.30 bits per heavy atom. The summed E-state index contributed by atoms with van der Waals surface area (Å²) in [6.45, 7) is 2.29. The van der Waals surface area contributed by atoms with Gasteiger partial charge in [-0.05, 0) is 25.1 Å². The first-order valence-electron chi connectivity index (χ1n) is 7.29. The molecule has 0 bridgehead atoms. The Bertz CT molecular complexity index is 773.